The van der Waals surface area contributed by atoms with Crippen LogP contribution in [0.4, 0.5) is 0 Å². The second-order valence-corrected chi connectivity index (χ2v) is 8.48. The third-order valence-corrected chi connectivity index (χ3v) is 5.17. The molecule has 0 unspecified atom stereocenters. The van der Waals surface area contributed by atoms with Gasteiger partial charge in [0.2, 0.25) is 0 Å². The summed E-state index contributed by atoms with van der Waals surface area (Å²) >= 11 is 6.08. The van der Waals surface area contributed by atoms with Gasteiger partial charge in [-0.05, 0) is 51.4 Å². The summed E-state index contributed by atoms with van der Waals surface area (Å²) in [5.41, 5.74) is 0.498. The highest BCUT2D eigenvalue weighted by atomic mass is 35.5. The van der Waals surface area contributed by atoms with E-state index < -0.39 is 10.1 Å². The van der Waals surface area contributed by atoms with Gasteiger partial charge in [0.15, 0.2) is 5.76 Å². The summed E-state index contributed by atoms with van der Waals surface area (Å²) < 4.78 is 34.1. The van der Waals surface area contributed by atoms with E-state index in [1.165, 1.54) is 19.3 Å². The smallest absolute Gasteiger partial charge is 0.308 e. The Morgan fingerprint density at radius 2 is 1.96 bits per heavy atom. The molecule has 1 aromatic carbocycles. The fourth-order valence-corrected chi connectivity index (χ4v) is 3.03. The molecule has 1 aromatic heterocycles. The fraction of sp³-hybridized carbons (Fsp3) is 0.389. The van der Waals surface area contributed by atoms with E-state index in [4.69, 9.17) is 20.2 Å². The van der Waals surface area contributed by atoms with E-state index >= 15 is 0 Å². The number of likely N-dealkylation sites (N-methyl/N-ethyl adjacent to an activating group) is 1. The van der Waals surface area contributed by atoms with E-state index in [9.17, 15) is 13.2 Å². The lowest BCUT2D eigenvalue weighted by atomic mass is 10.2. The minimum Gasteiger partial charge on any atom is -0.459 e. The number of carbonyl (C=O) groups is 1. The van der Waals surface area contributed by atoms with Crippen LogP contribution < -0.4 is 4.18 Å². The second-order valence-electron chi connectivity index (χ2n) is 6.19. The predicted octanol–water partition coefficient (Wildman–Crippen LogP) is 2.87. The highest BCUT2D eigenvalue weighted by Crippen LogP contribution is 2.26. The number of furan rings is 1. The molecule has 9 heteroatoms. The van der Waals surface area contributed by atoms with E-state index in [0.717, 1.165) is 0 Å². The summed E-state index contributed by atoms with van der Waals surface area (Å²) in [5, 5.41) is 0.421. The van der Waals surface area contributed by atoms with Gasteiger partial charge in [0.05, 0.1) is 12.0 Å². The molecule has 27 heavy (non-hydrogen) atoms. The zero-order valence-electron chi connectivity index (χ0n) is 15.5. The van der Waals surface area contributed by atoms with Crippen molar-refractivity contribution in [2.75, 3.05) is 32.9 Å². The molecule has 148 valence electrons. The van der Waals surface area contributed by atoms with Crippen molar-refractivity contribution in [2.45, 2.75) is 13.5 Å². The standard InChI is InChI=1S/C18H23ClN2O5S/c1-4-27(23,24)26-16-8-7-15(19)12-14(16)13-21(10-9-20(2)3)18(22)17-6-5-11-25-17/h5-8,11-12H,4,9-10,13H2,1-3H3. The van der Waals surface area contributed by atoms with Crippen molar-refractivity contribution >= 4 is 27.6 Å². The van der Waals surface area contributed by atoms with Gasteiger partial charge in [-0.1, -0.05) is 11.6 Å². The summed E-state index contributed by atoms with van der Waals surface area (Å²) in [7, 11) is 0.0940. The van der Waals surface area contributed by atoms with Crippen LogP contribution in [-0.2, 0) is 16.7 Å². The van der Waals surface area contributed by atoms with E-state index in [1.807, 2.05) is 19.0 Å². The summed E-state index contributed by atoms with van der Waals surface area (Å²) in [6.45, 7) is 2.66. The highest BCUT2D eigenvalue weighted by molar-refractivity contribution is 7.87. The molecule has 1 amide bonds. The Bertz CT molecular complexity index is 866. The van der Waals surface area contributed by atoms with Crippen LogP contribution in [0.3, 0.4) is 0 Å². The lowest BCUT2D eigenvalue weighted by Crippen LogP contribution is -2.36. The minimum absolute atomic E-state index is 0.127. The summed E-state index contributed by atoms with van der Waals surface area (Å²) in [5.74, 6) is -0.0982. The molecule has 0 saturated heterocycles. The first kappa shape index (κ1) is 21.3. The highest BCUT2D eigenvalue weighted by Gasteiger charge is 2.22. The lowest BCUT2D eigenvalue weighted by Gasteiger charge is -2.24. The van der Waals surface area contributed by atoms with Gasteiger partial charge in [0, 0.05) is 30.2 Å². The maximum atomic E-state index is 12.8. The molecule has 0 aliphatic heterocycles. The third kappa shape index (κ3) is 6.27. The van der Waals surface area contributed by atoms with E-state index in [2.05, 4.69) is 0 Å². The topological polar surface area (TPSA) is 80.1 Å². The third-order valence-electron chi connectivity index (χ3n) is 3.79. The zero-order chi connectivity index (χ0) is 20.0. The molecule has 1 heterocycles. The Kier molecular flexibility index (Phi) is 7.29. The van der Waals surface area contributed by atoms with E-state index in [0.29, 0.717) is 23.7 Å². The summed E-state index contributed by atoms with van der Waals surface area (Å²) in [6.07, 6.45) is 1.43. The van der Waals surface area contributed by atoms with Gasteiger partial charge in [0.1, 0.15) is 5.75 Å². The summed E-state index contributed by atoms with van der Waals surface area (Å²) in [4.78, 5) is 16.3. The van der Waals surface area contributed by atoms with Crippen LogP contribution in [-0.4, -0.2) is 57.1 Å². The first-order valence-corrected chi connectivity index (χ1v) is 10.4. The first-order chi connectivity index (χ1) is 12.7. The molecular weight excluding hydrogens is 392 g/mol. The molecule has 0 radical (unpaired) electrons. The normalized spacial score (nSPS) is 11.6. The van der Waals surface area contributed by atoms with Gasteiger partial charge in [-0.15, -0.1) is 0 Å². The van der Waals surface area contributed by atoms with Crippen molar-refractivity contribution in [3.8, 4) is 5.75 Å². The van der Waals surface area contributed by atoms with Gasteiger partial charge in [-0.3, -0.25) is 4.79 Å². The SMILES string of the molecule is CCS(=O)(=O)Oc1ccc(Cl)cc1CN(CCN(C)C)C(=O)c1ccco1. The Hall–Kier alpha value is -2.03. The van der Waals surface area contributed by atoms with Gasteiger partial charge in [0.25, 0.3) is 5.91 Å². The molecule has 0 fully saturated rings. The Morgan fingerprint density at radius 1 is 1.22 bits per heavy atom. The van der Waals surface area contributed by atoms with Crippen LogP contribution in [0.2, 0.25) is 5.02 Å². The van der Waals surface area contributed by atoms with Crippen molar-refractivity contribution in [3.63, 3.8) is 0 Å². The number of amides is 1. The molecule has 2 rings (SSSR count). The molecular formula is C18H23ClN2O5S. The monoisotopic (exact) mass is 414 g/mol. The zero-order valence-corrected chi connectivity index (χ0v) is 17.1. The molecule has 0 atom stereocenters. The van der Waals surface area contributed by atoms with Crippen LogP contribution in [0.25, 0.3) is 0 Å². The molecule has 0 saturated carbocycles. The number of hydrogen-bond acceptors (Lipinski definition) is 6. The molecule has 0 aliphatic rings. The molecule has 0 N–H and O–H groups in total. The number of carbonyl (C=O) groups excluding carboxylic acids is 1. The summed E-state index contributed by atoms with van der Waals surface area (Å²) in [6, 6.07) is 7.86. The number of nitrogens with zero attached hydrogens (tertiary/aromatic N) is 2. The van der Waals surface area contributed by atoms with Crippen molar-refractivity contribution in [3.05, 3.63) is 52.9 Å². The minimum atomic E-state index is -3.71. The largest absolute Gasteiger partial charge is 0.459 e. The van der Waals surface area contributed by atoms with Crippen molar-refractivity contribution < 1.29 is 21.8 Å². The maximum absolute atomic E-state index is 12.8. The Balaban J connectivity index is 2.32. The predicted molar refractivity (Wildman–Crippen MR) is 104 cm³/mol. The first-order valence-electron chi connectivity index (χ1n) is 8.40. The molecule has 2 aromatic rings. The fourth-order valence-electron chi connectivity index (χ4n) is 2.28. The molecule has 7 nitrogen and oxygen atoms in total. The average Bonchev–Trinajstić information content (AvgIpc) is 3.14. The van der Waals surface area contributed by atoms with Crippen LogP contribution in [0.15, 0.2) is 41.0 Å². The molecule has 0 spiro atoms. The van der Waals surface area contributed by atoms with E-state index in [1.54, 1.807) is 29.2 Å². The van der Waals surface area contributed by atoms with Gasteiger partial charge in [-0.2, -0.15) is 8.42 Å². The van der Waals surface area contributed by atoms with Gasteiger partial charge < -0.3 is 18.4 Å². The van der Waals surface area contributed by atoms with Crippen LogP contribution in [0, 0.1) is 0 Å². The number of benzene rings is 1. The van der Waals surface area contributed by atoms with Crippen LogP contribution in [0.5, 0.6) is 5.75 Å². The number of halogens is 1. The maximum Gasteiger partial charge on any atom is 0.308 e. The van der Waals surface area contributed by atoms with Crippen LogP contribution in [0.1, 0.15) is 23.0 Å². The molecule has 0 bridgehead atoms. The van der Waals surface area contributed by atoms with Crippen molar-refractivity contribution in [1.82, 2.24) is 9.80 Å². The Morgan fingerprint density at radius 3 is 2.56 bits per heavy atom. The molecule has 0 aliphatic carbocycles. The van der Waals surface area contributed by atoms with Crippen LogP contribution >= 0.6 is 11.6 Å². The lowest BCUT2D eigenvalue weighted by molar-refractivity contribution is 0.0699. The quantitative estimate of drug-likeness (QED) is 0.587. The van der Waals surface area contributed by atoms with Gasteiger partial charge in [-0.25, -0.2) is 0 Å². The average molecular weight is 415 g/mol. The Labute approximate surface area is 164 Å². The number of rotatable bonds is 9. The van der Waals surface area contributed by atoms with Crippen molar-refractivity contribution in [2.24, 2.45) is 0 Å². The van der Waals surface area contributed by atoms with Gasteiger partial charge >= 0.3 is 10.1 Å². The van der Waals surface area contributed by atoms with E-state index in [-0.39, 0.29) is 29.7 Å². The number of hydrogen-bond donors (Lipinski definition) is 0. The second kappa shape index (κ2) is 9.25. The van der Waals surface area contributed by atoms with Crippen molar-refractivity contribution in [1.29, 1.82) is 0 Å².